The summed E-state index contributed by atoms with van der Waals surface area (Å²) in [7, 11) is 0. The third-order valence-corrected chi connectivity index (χ3v) is 4.17. The average Bonchev–Trinajstić information content (AvgIpc) is 2.77. The van der Waals surface area contributed by atoms with Crippen LogP contribution in [0.5, 0.6) is 5.75 Å². The van der Waals surface area contributed by atoms with Gasteiger partial charge in [0.25, 0.3) is 11.6 Å². The van der Waals surface area contributed by atoms with Gasteiger partial charge >= 0.3 is 0 Å². The molecule has 1 amide bonds. The van der Waals surface area contributed by atoms with Crippen LogP contribution in [0.15, 0.2) is 84.4 Å². The highest BCUT2D eigenvalue weighted by molar-refractivity contribution is 6.10. The molecule has 0 aromatic heterocycles. The second-order valence-corrected chi connectivity index (χ2v) is 6.21. The van der Waals surface area contributed by atoms with Crippen molar-refractivity contribution in [1.82, 2.24) is 0 Å². The maximum absolute atomic E-state index is 12.5. The Labute approximate surface area is 173 Å². The minimum atomic E-state index is -0.746. The van der Waals surface area contributed by atoms with Crippen molar-refractivity contribution < 1.29 is 14.5 Å². The van der Waals surface area contributed by atoms with Crippen LogP contribution in [0.4, 0.5) is 11.4 Å². The SMILES string of the molecule is N#C/C(=C\c1ccccc1OCc1ccccc1)C(=O)Nc1ccccc1[N+](=O)[O-]. The van der Waals surface area contributed by atoms with Gasteiger partial charge in [0.2, 0.25) is 0 Å². The molecule has 7 heteroatoms. The summed E-state index contributed by atoms with van der Waals surface area (Å²) in [6, 6.07) is 24.2. The Kier molecular flexibility index (Phi) is 6.54. The summed E-state index contributed by atoms with van der Waals surface area (Å²) in [4.78, 5) is 23.1. The van der Waals surface area contributed by atoms with Gasteiger partial charge < -0.3 is 10.1 Å². The number of nitro groups is 1. The van der Waals surface area contributed by atoms with E-state index in [4.69, 9.17) is 4.74 Å². The Bertz CT molecular complexity index is 1130. The lowest BCUT2D eigenvalue weighted by Gasteiger charge is -2.10. The number of hydrogen-bond donors (Lipinski definition) is 1. The summed E-state index contributed by atoms with van der Waals surface area (Å²) in [5.74, 6) is -0.239. The second-order valence-electron chi connectivity index (χ2n) is 6.21. The second kappa shape index (κ2) is 9.66. The van der Waals surface area contributed by atoms with Crippen molar-refractivity contribution in [2.75, 3.05) is 5.32 Å². The number of carbonyl (C=O) groups is 1. The number of ether oxygens (including phenoxy) is 1. The highest BCUT2D eigenvalue weighted by atomic mass is 16.6. The number of nitriles is 1. The molecule has 0 bridgehead atoms. The molecule has 7 nitrogen and oxygen atoms in total. The van der Waals surface area contributed by atoms with Gasteiger partial charge in [0.05, 0.1) is 4.92 Å². The number of nitrogens with zero attached hydrogens (tertiary/aromatic N) is 2. The Balaban J connectivity index is 1.82. The standard InChI is InChI=1S/C23H17N3O4/c24-15-19(23(27)25-20-11-5-6-12-21(20)26(28)29)14-18-10-4-7-13-22(18)30-16-17-8-2-1-3-9-17/h1-14H,16H2,(H,25,27)/b19-14+. The Morgan fingerprint density at radius 2 is 1.70 bits per heavy atom. The maximum atomic E-state index is 12.5. The molecule has 1 N–H and O–H groups in total. The molecular weight excluding hydrogens is 382 g/mol. The average molecular weight is 399 g/mol. The van der Waals surface area contributed by atoms with E-state index in [0.29, 0.717) is 17.9 Å². The van der Waals surface area contributed by atoms with Gasteiger partial charge in [0, 0.05) is 11.6 Å². The van der Waals surface area contributed by atoms with Crippen molar-refractivity contribution in [3.63, 3.8) is 0 Å². The van der Waals surface area contributed by atoms with Crippen LogP contribution in [0.1, 0.15) is 11.1 Å². The number of carbonyl (C=O) groups excluding carboxylic acids is 1. The van der Waals surface area contributed by atoms with Crippen molar-refractivity contribution in [2.24, 2.45) is 0 Å². The van der Waals surface area contributed by atoms with Crippen molar-refractivity contribution in [1.29, 1.82) is 5.26 Å². The van der Waals surface area contributed by atoms with Crippen LogP contribution in [0, 0.1) is 21.4 Å². The van der Waals surface area contributed by atoms with Crippen molar-refractivity contribution in [3.05, 3.63) is 106 Å². The molecule has 0 atom stereocenters. The summed E-state index contributed by atoms with van der Waals surface area (Å²) in [6.07, 6.45) is 1.39. The molecule has 148 valence electrons. The molecule has 0 aliphatic carbocycles. The van der Waals surface area contributed by atoms with E-state index in [2.05, 4.69) is 5.32 Å². The largest absolute Gasteiger partial charge is 0.488 e. The minimum absolute atomic E-state index is 0.0160. The maximum Gasteiger partial charge on any atom is 0.292 e. The van der Waals surface area contributed by atoms with Gasteiger partial charge in [0.1, 0.15) is 29.7 Å². The molecule has 0 unspecified atom stereocenters. The monoisotopic (exact) mass is 399 g/mol. The van der Waals surface area contributed by atoms with E-state index < -0.39 is 10.8 Å². The fourth-order valence-electron chi connectivity index (χ4n) is 2.70. The number of anilines is 1. The van der Waals surface area contributed by atoms with Crippen LogP contribution in [-0.2, 0) is 11.4 Å². The molecule has 0 aliphatic heterocycles. The quantitative estimate of drug-likeness (QED) is 0.268. The fourth-order valence-corrected chi connectivity index (χ4v) is 2.70. The minimum Gasteiger partial charge on any atom is -0.488 e. The molecule has 3 aromatic carbocycles. The molecule has 0 saturated carbocycles. The van der Waals surface area contributed by atoms with E-state index in [-0.39, 0.29) is 16.9 Å². The van der Waals surface area contributed by atoms with E-state index in [9.17, 15) is 20.2 Å². The van der Waals surface area contributed by atoms with Gasteiger partial charge in [-0.05, 0) is 23.8 Å². The smallest absolute Gasteiger partial charge is 0.292 e. The number of nitro benzene ring substituents is 1. The van der Waals surface area contributed by atoms with Gasteiger partial charge in [-0.3, -0.25) is 14.9 Å². The van der Waals surface area contributed by atoms with E-state index in [1.165, 1.54) is 24.3 Å². The molecule has 0 heterocycles. The highest BCUT2D eigenvalue weighted by Gasteiger charge is 2.17. The summed E-state index contributed by atoms with van der Waals surface area (Å²) in [6.45, 7) is 0.329. The summed E-state index contributed by atoms with van der Waals surface area (Å²) in [5, 5.41) is 23.0. The number of amides is 1. The summed E-state index contributed by atoms with van der Waals surface area (Å²) in [5.41, 5.74) is 1.08. The van der Waals surface area contributed by atoms with Crippen LogP contribution >= 0.6 is 0 Å². The van der Waals surface area contributed by atoms with Gasteiger partial charge in [-0.25, -0.2) is 0 Å². The van der Waals surface area contributed by atoms with Crippen LogP contribution in [0.25, 0.3) is 6.08 Å². The van der Waals surface area contributed by atoms with E-state index >= 15 is 0 Å². The molecule has 0 spiro atoms. The third kappa shape index (κ3) is 5.09. The Morgan fingerprint density at radius 1 is 1.03 bits per heavy atom. The molecule has 30 heavy (non-hydrogen) atoms. The van der Waals surface area contributed by atoms with E-state index in [1.54, 1.807) is 30.3 Å². The van der Waals surface area contributed by atoms with Crippen LogP contribution in [0.3, 0.4) is 0 Å². The topological polar surface area (TPSA) is 105 Å². The lowest BCUT2D eigenvalue weighted by Crippen LogP contribution is -2.14. The molecule has 0 radical (unpaired) electrons. The van der Waals surface area contributed by atoms with Crippen LogP contribution in [0.2, 0.25) is 0 Å². The molecule has 0 fully saturated rings. The van der Waals surface area contributed by atoms with Crippen LogP contribution in [-0.4, -0.2) is 10.8 Å². The van der Waals surface area contributed by atoms with Crippen molar-refractivity contribution in [2.45, 2.75) is 6.61 Å². The summed E-state index contributed by atoms with van der Waals surface area (Å²) >= 11 is 0. The number of rotatable bonds is 7. The van der Waals surface area contributed by atoms with Crippen molar-refractivity contribution >= 4 is 23.4 Å². The predicted molar refractivity (Wildman–Crippen MR) is 113 cm³/mol. The lowest BCUT2D eigenvalue weighted by atomic mass is 10.1. The first-order chi connectivity index (χ1) is 14.6. The van der Waals surface area contributed by atoms with Crippen molar-refractivity contribution in [3.8, 4) is 11.8 Å². The number of nitrogens with one attached hydrogen (secondary N) is 1. The number of para-hydroxylation sites is 3. The zero-order chi connectivity index (χ0) is 21.3. The zero-order valence-corrected chi connectivity index (χ0v) is 15.8. The third-order valence-electron chi connectivity index (χ3n) is 4.17. The Morgan fingerprint density at radius 3 is 2.43 bits per heavy atom. The van der Waals surface area contributed by atoms with Crippen LogP contribution < -0.4 is 10.1 Å². The number of benzene rings is 3. The molecule has 3 rings (SSSR count). The Hall–Kier alpha value is -4.44. The van der Waals surface area contributed by atoms with Gasteiger partial charge in [-0.2, -0.15) is 5.26 Å². The van der Waals surface area contributed by atoms with Gasteiger partial charge in [-0.15, -0.1) is 0 Å². The van der Waals surface area contributed by atoms with Gasteiger partial charge in [-0.1, -0.05) is 60.7 Å². The molecule has 0 saturated heterocycles. The fraction of sp³-hybridized carbons (Fsp3) is 0.0435. The highest BCUT2D eigenvalue weighted by Crippen LogP contribution is 2.25. The normalized spacial score (nSPS) is 10.7. The zero-order valence-electron chi connectivity index (χ0n) is 15.8. The van der Waals surface area contributed by atoms with Gasteiger partial charge in [0.15, 0.2) is 0 Å². The summed E-state index contributed by atoms with van der Waals surface area (Å²) < 4.78 is 5.84. The van der Waals surface area contributed by atoms with E-state index in [1.807, 2.05) is 36.4 Å². The van der Waals surface area contributed by atoms with E-state index in [0.717, 1.165) is 5.56 Å². The lowest BCUT2D eigenvalue weighted by molar-refractivity contribution is -0.383. The first kappa shape index (κ1) is 20.3. The molecular formula is C23H17N3O4. The number of hydrogen-bond acceptors (Lipinski definition) is 5. The first-order valence-electron chi connectivity index (χ1n) is 9.01. The molecule has 3 aromatic rings. The first-order valence-corrected chi connectivity index (χ1v) is 9.01. The predicted octanol–water partition coefficient (Wildman–Crippen LogP) is 4.72. The molecule has 0 aliphatic rings.